The molecule has 1 heterocycles. The highest BCUT2D eigenvalue weighted by Crippen LogP contribution is 2.24. The monoisotopic (exact) mass is 507 g/mol. The molecule has 0 radical (unpaired) electrons. The van der Waals surface area contributed by atoms with E-state index in [1.54, 1.807) is 22.9 Å². The van der Waals surface area contributed by atoms with E-state index in [2.05, 4.69) is 10.4 Å². The smallest absolute Gasteiger partial charge is 0.255 e. The highest BCUT2D eigenvalue weighted by molar-refractivity contribution is 6.31. The third kappa shape index (κ3) is 6.04. The van der Waals surface area contributed by atoms with Gasteiger partial charge in [-0.2, -0.15) is 5.10 Å². The molecule has 36 heavy (non-hydrogen) atoms. The quantitative estimate of drug-likeness (QED) is 0.278. The number of hydrogen-bond acceptors (Lipinski definition) is 4. The molecule has 1 N–H and O–H groups in total. The van der Waals surface area contributed by atoms with Crippen LogP contribution in [0.2, 0.25) is 5.02 Å². The van der Waals surface area contributed by atoms with Gasteiger partial charge in [-0.25, -0.2) is 4.39 Å². The second-order valence-corrected chi connectivity index (χ2v) is 8.69. The number of aryl methyl sites for hydroxylation is 1. The van der Waals surface area contributed by atoms with E-state index in [-0.39, 0.29) is 5.91 Å². The molecule has 4 rings (SSSR count). The SMILES string of the molecule is CCOc1ccc(OCc2cccc(C(=O)Nc3c(C)nn(Cc4ccc(F)cc4Cl)c3C)c2)cc1. The molecule has 0 bridgehead atoms. The predicted octanol–water partition coefficient (Wildman–Crippen LogP) is 6.57. The number of nitrogens with one attached hydrogen (secondary N) is 1. The van der Waals surface area contributed by atoms with Crippen molar-refractivity contribution in [2.45, 2.75) is 33.9 Å². The Kier molecular flexibility index (Phi) is 7.90. The number of ether oxygens (including phenoxy) is 2. The maximum absolute atomic E-state index is 13.4. The maximum Gasteiger partial charge on any atom is 0.255 e. The standard InChI is InChI=1S/C28H27ClFN3O3/c1-4-35-24-10-12-25(13-11-24)36-17-20-6-5-7-21(14-20)28(34)31-27-18(2)32-33(19(27)3)16-22-8-9-23(30)15-26(22)29/h5-15H,4,16-17H2,1-3H3,(H,31,34). The van der Waals surface area contributed by atoms with E-state index in [9.17, 15) is 9.18 Å². The van der Waals surface area contributed by atoms with Crippen LogP contribution in [-0.4, -0.2) is 22.3 Å². The van der Waals surface area contributed by atoms with Gasteiger partial charge < -0.3 is 14.8 Å². The lowest BCUT2D eigenvalue weighted by Crippen LogP contribution is -2.14. The molecular weight excluding hydrogens is 481 g/mol. The first-order chi connectivity index (χ1) is 17.3. The highest BCUT2D eigenvalue weighted by atomic mass is 35.5. The molecule has 0 saturated carbocycles. The van der Waals surface area contributed by atoms with E-state index in [0.717, 1.165) is 22.6 Å². The average Bonchev–Trinajstić information content (AvgIpc) is 3.13. The molecule has 8 heteroatoms. The van der Waals surface area contributed by atoms with E-state index in [0.29, 0.717) is 47.5 Å². The number of nitrogens with zero attached hydrogens (tertiary/aromatic N) is 2. The Bertz CT molecular complexity index is 1370. The lowest BCUT2D eigenvalue weighted by molar-refractivity contribution is 0.102. The number of amides is 1. The van der Waals surface area contributed by atoms with E-state index in [4.69, 9.17) is 21.1 Å². The van der Waals surface area contributed by atoms with E-state index < -0.39 is 5.82 Å². The van der Waals surface area contributed by atoms with Crippen molar-refractivity contribution in [3.05, 3.63) is 106 Å². The number of halogens is 2. The highest BCUT2D eigenvalue weighted by Gasteiger charge is 2.17. The fraction of sp³-hybridized carbons (Fsp3) is 0.214. The van der Waals surface area contributed by atoms with Gasteiger partial charge in [-0.05, 0) is 80.4 Å². The van der Waals surface area contributed by atoms with Crippen molar-refractivity contribution in [3.63, 3.8) is 0 Å². The summed E-state index contributed by atoms with van der Waals surface area (Å²) in [7, 11) is 0. The van der Waals surface area contributed by atoms with Crippen LogP contribution in [-0.2, 0) is 13.2 Å². The van der Waals surface area contributed by atoms with Crippen LogP contribution in [0.1, 0.15) is 39.8 Å². The topological polar surface area (TPSA) is 65.4 Å². The zero-order valence-corrected chi connectivity index (χ0v) is 21.1. The lowest BCUT2D eigenvalue weighted by atomic mass is 10.1. The van der Waals surface area contributed by atoms with E-state index in [1.165, 1.54) is 12.1 Å². The zero-order valence-electron chi connectivity index (χ0n) is 20.3. The molecular formula is C28H27ClFN3O3. The lowest BCUT2D eigenvalue weighted by Gasteiger charge is -2.10. The van der Waals surface area contributed by atoms with Crippen molar-refractivity contribution in [3.8, 4) is 11.5 Å². The molecule has 0 aliphatic rings. The number of rotatable bonds is 9. The minimum absolute atomic E-state index is 0.247. The third-order valence-electron chi connectivity index (χ3n) is 5.68. The Balaban J connectivity index is 1.43. The van der Waals surface area contributed by atoms with Gasteiger partial charge in [0, 0.05) is 10.6 Å². The summed E-state index contributed by atoms with van der Waals surface area (Å²) in [5.41, 5.74) is 4.20. The van der Waals surface area contributed by atoms with Gasteiger partial charge in [-0.3, -0.25) is 9.48 Å². The fourth-order valence-electron chi connectivity index (χ4n) is 3.80. The summed E-state index contributed by atoms with van der Waals surface area (Å²) >= 11 is 6.18. The molecule has 0 aliphatic carbocycles. The number of hydrogen-bond donors (Lipinski definition) is 1. The number of benzene rings is 3. The molecule has 0 atom stereocenters. The zero-order chi connectivity index (χ0) is 25.7. The maximum atomic E-state index is 13.4. The second kappa shape index (κ2) is 11.3. The van der Waals surface area contributed by atoms with Crippen LogP contribution in [0, 0.1) is 19.7 Å². The van der Waals surface area contributed by atoms with Crippen molar-refractivity contribution in [1.29, 1.82) is 0 Å². The van der Waals surface area contributed by atoms with Gasteiger partial charge in [0.2, 0.25) is 0 Å². The van der Waals surface area contributed by atoms with Crippen molar-refractivity contribution >= 4 is 23.2 Å². The molecule has 4 aromatic rings. The van der Waals surface area contributed by atoms with Crippen molar-refractivity contribution in [2.24, 2.45) is 0 Å². The van der Waals surface area contributed by atoms with E-state index in [1.807, 2.05) is 57.2 Å². The number of carbonyl (C=O) groups excluding carboxylic acids is 1. The third-order valence-corrected chi connectivity index (χ3v) is 6.04. The Hall–Kier alpha value is -3.84. The first kappa shape index (κ1) is 25.3. The minimum atomic E-state index is -0.391. The van der Waals surface area contributed by atoms with Gasteiger partial charge in [-0.1, -0.05) is 29.8 Å². The molecule has 0 fully saturated rings. The summed E-state index contributed by atoms with van der Waals surface area (Å²) < 4.78 is 26.4. The van der Waals surface area contributed by atoms with Gasteiger partial charge in [0.05, 0.1) is 30.2 Å². The van der Waals surface area contributed by atoms with Crippen molar-refractivity contribution < 1.29 is 18.7 Å². The van der Waals surface area contributed by atoms with Crippen molar-refractivity contribution in [1.82, 2.24) is 9.78 Å². The average molecular weight is 508 g/mol. The number of aromatic nitrogens is 2. The van der Waals surface area contributed by atoms with Crippen LogP contribution in [0.15, 0.2) is 66.7 Å². The van der Waals surface area contributed by atoms with Crippen LogP contribution in [0.4, 0.5) is 10.1 Å². The molecule has 0 spiro atoms. The van der Waals surface area contributed by atoms with Crippen LogP contribution in [0.3, 0.4) is 0 Å². The van der Waals surface area contributed by atoms with Gasteiger partial charge in [0.1, 0.15) is 23.9 Å². The molecule has 3 aromatic carbocycles. The van der Waals surface area contributed by atoms with Gasteiger partial charge in [-0.15, -0.1) is 0 Å². The Morgan fingerprint density at radius 3 is 2.44 bits per heavy atom. The molecule has 0 saturated heterocycles. The first-order valence-electron chi connectivity index (χ1n) is 11.6. The van der Waals surface area contributed by atoms with Crippen LogP contribution < -0.4 is 14.8 Å². The Morgan fingerprint density at radius 2 is 1.75 bits per heavy atom. The fourth-order valence-corrected chi connectivity index (χ4v) is 4.02. The number of anilines is 1. The molecule has 1 aromatic heterocycles. The van der Waals surface area contributed by atoms with Gasteiger partial charge in [0.15, 0.2) is 0 Å². The predicted molar refractivity (Wildman–Crippen MR) is 139 cm³/mol. The minimum Gasteiger partial charge on any atom is -0.494 e. The molecule has 0 unspecified atom stereocenters. The summed E-state index contributed by atoms with van der Waals surface area (Å²) in [4.78, 5) is 13.0. The van der Waals surface area contributed by atoms with Gasteiger partial charge >= 0.3 is 0 Å². The summed E-state index contributed by atoms with van der Waals surface area (Å²) in [5.74, 6) is 0.868. The number of carbonyl (C=O) groups is 1. The Labute approximate surface area is 214 Å². The van der Waals surface area contributed by atoms with Crippen molar-refractivity contribution in [2.75, 3.05) is 11.9 Å². The molecule has 186 valence electrons. The van der Waals surface area contributed by atoms with Crippen LogP contribution in [0.5, 0.6) is 11.5 Å². The summed E-state index contributed by atoms with van der Waals surface area (Å²) in [6.45, 7) is 6.92. The molecule has 0 aliphatic heterocycles. The summed E-state index contributed by atoms with van der Waals surface area (Å²) in [6.07, 6.45) is 0. The molecule has 6 nitrogen and oxygen atoms in total. The largest absolute Gasteiger partial charge is 0.494 e. The Morgan fingerprint density at radius 1 is 1.03 bits per heavy atom. The first-order valence-corrected chi connectivity index (χ1v) is 12.0. The van der Waals surface area contributed by atoms with E-state index >= 15 is 0 Å². The van der Waals surface area contributed by atoms with Gasteiger partial charge in [0.25, 0.3) is 5.91 Å². The van der Waals surface area contributed by atoms with Crippen LogP contribution >= 0.6 is 11.6 Å². The summed E-state index contributed by atoms with van der Waals surface area (Å²) in [5, 5.41) is 7.84. The van der Waals surface area contributed by atoms with Crippen LogP contribution in [0.25, 0.3) is 0 Å². The second-order valence-electron chi connectivity index (χ2n) is 8.29. The molecule has 1 amide bonds. The summed E-state index contributed by atoms with van der Waals surface area (Å²) in [6, 6.07) is 19.0. The normalized spacial score (nSPS) is 10.8.